The van der Waals surface area contributed by atoms with Crippen molar-refractivity contribution in [3.05, 3.63) is 0 Å². The minimum atomic E-state index is -3.04. The summed E-state index contributed by atoms with van der Waals surface area (Å²) in [4.78, 5) is 11.1. The molecule has 2 N–H and O–H groups in total. The summed E-state index contributed by atoms with van der Waals surface area (Å²) in [5, 5.41) is 11.9. The zero-order valence-corrected chi connectivity index (χ0v) is 10.9. The second kappa shape index (κ2) is 6.20. The highest BCUT2D eigenvalue weighted by Gasteiger charge is 2.34. The molecule has 5 nitrogen and oxygen atoms in total. The third kappa shape index (κ3) is 4.09. The summed E-state index contributed by atoms with van der Waals surface area (Å²) in [6.45, 7) is 5.32. The first-order valence-corrected chi connectivity index (χ1v) is 7.34. The molecule has 6 heteroatoms. The molecule has 0 saturated heterocycles. The van der Waals surface area contributed by atoms with Crippen molar-refractivity contribution >= 4 is 15.8 Å². The van der Waals surface area contributed by atoms with E-state index in [-0.39, 0.29) is 18.1 Å². The van der Waals surface area contributed by atoms with E-state index in [9.17, 15) is 13.2 Å². The van der Waals surface area contributed by atoms with E-state index in [1.165, 1.54) is 0 Å². The summed E-state index contributed by atoms with van der Waals surface area (Å²) in [6.07, 6.45) is 0.871. The van der Waals surface area contributed by atoms with E-state index in [1.807, 2.05) is 0 Å². The van der Waals surface area contributed by atoms with Crippen LogP contribution in [0.5, 0.6) is 0 Å². The van der Waals surface area contributed by atoms with E-state index in [0.29, 0.717) is 12.8 Å². The molecule has 0 radical (unpaired) electrons. The van der Waals surface area contributed by atoms with Gasteiger partial charge in [0.05, 0.1) is 5.75 Å². The van der Waals surface area contributed by atoms with E-state index in [0.717, 1.165) is 0 Å². The fourth-order valence-corrected chi connectivity index (χ4v) is 2.17. The quantitative estimate of drug-likeness (QED) is 0.662. The Morgan fingerprint density at radius 2 is 1.75 bits per heavy atom. The van der Waals surface area contributed by atoms with Gasteiger partial charge in [-0.25, -0.2) is 8.42 Å². The van der Waals surface area contributed by atoms with Crippen LogP contribution in [0, 0.1) is 0 Å². The third-order valence-electron chi connectivity index (χ3n) is 2.93. The molecule has 0 saturated carbocycles. The fraction of sp³-hybridized carbons (Fsp3) is 0.900. The topological polar surface area (TPSA) is 83.5 Å². The molecule has 0 aliphatic rings. The summed E-state index contributed by atoms with van der Waals surface area (Å²) in [5.41, 5.74) is -0.997. The lowest BCUT2D eigenvalue weighted by molar-refractivity contribution is -0.145. The minimum Gasteiger partial charge on any atom is -0.480 e. The Balaban J connectivity index is 4.41. The Bertz CT molecular complexity index is 320. The van der Waals surface area contributed by atoms with Gasteiger partial charge in [-0.2, -0.15) is 0 Å². The molecule has 0 heterocycles. The fourth-order valence-electron chi connectivity index (χ4n) is 1.47. The first-order chi connectivity index (χ1) is 7.33. The van der Waals surface area contributed by atoms with E-state index >= 15 is 0 Å². The smallest absolute Gasteiger partial charge is 0.323 e. The summed E-state index contributed by atoms with van der Waals surface area (Å²) < 4.78 is 22.5. The van der Waals surface area contributed by atoms with E-state index in [2.05, 4.69) is 5.32 Å². The predicted molar refractivity (Wildman–Crippen MR) is 63.3 cm³/mol. The van der Waals surface area contributed by atoms with Crippen LogP contribution in [0.3, 0.4) is 0 Å². The highest BCUT2D eigenvalue weighted by Crippen LogP contribution is 2.14. The van der Waals surface area contributed by atoms with Crippen molar-refractivity contribution in [1.82, 2.24) is 5.32 Å². The van der Waals surface area contributed by atoms with Crippen LogP contribution in [0.4, 0.5) is 0 Å². The molecule has 0 aromatic carbocycles. The summed E-state index contributed by atoms with van der Waals surface area (Å²) in [6, 6.07) is 0. The molecule has 0 aromatic rings. The molecule has 0 fully saturated rings. The van der Waals surface area contributed by atoms with Crippen LogP contribution in [0.25, 0.3) is 0 Å². The number of aliphatic carboxylic acids is 1. The maximum absolute atomic E-state index is 11.2. The van der Waals surface area contributed by atoms with Gasteiger partial charge >= 0.3 is 5.97 Å². The second-order valence-corrected chi connectivity index (χ2v) is 6.23. The van der Waals surface area contributed by atoms with Crippen LogP contribution >= 0.6 is 0 Å². The van der Waals surface area contributed by atoms with Crippen LogP contribution in [0.15, 0.2) is 0 Å². The third-order valence-corrected chi connectivity index (χ3v) is 4.64. The van der Waals surface area contributed by atoms with Gasteiger partial charge in [0.2, 0.25) is 0 Å². The Labute approximate surface area is 97.2 Å². The number of hydrogen-bond donors (Lipinski definition) is 2. The molecule has 0 rings (SSSR count). The lowest BCUT2D eigenvalue weighted by atomic mass is 9.93. The van der Waals surface area contributed by atoms with Gasteiger partial charge in [-0.15, -0.1) is 0 Å². The van der Waals surface area contributed by atoms with Crippen molar-refractivity contribution in [2.45, 2.75) is 39.2 Å². The zero-order valence-electron chi connectivity index (χ0n) is 10.1. The van der Waals surface area contributed by atoms with Gasteiger partial charge in [0, 0.05) is 12.3 Å². The maximum Gasteiger partial charge on any atom is 0.323 e. The monoisotopic (exact) mass is 251 g/mol. The van der Waals surface area contributed by atoms with Gasteiger partial charge in [-0.3, -0.25) is 4.79 Å². The van der Waals surface area contributed by atoms with Gasteiger partial charge in [-0.1, -0.05) is 20.8 Å². The highest BCUT2D eigenvalue weighted by molar-refractivity contribution is 7.91. The van der Waals surface area contributed by atoms with Crippen molar-refractivity contribution < 1.29 is 18.3 Å². The van der Waals surface area contributed by atoms with Crippen molar-refractivity contribution in [3.8, 4) is 0 Å². The number of nitrogens with one attached hydrogen (secondary N) is 1. The summed E-state index contributed by atoms with van der Waals surface area (Å²) in [5.74, 6) is -0.850. The van der Waals surface area contributed by atoms with E-state index in [4.69, 9.17) is 5.11 Å². The number of rotatable bonds is 8. The zero-order chi connectivity index (χ0) is 12.8. The normalized spacial score (nSPS) is 12.7. The highest BCUT2D eigenvalue weighted by atomic mass is 32.2. The molecule has 0 bridgehead atoms. The molecule has 0 aliphatic heterocycles. The van der Waals surface area contributed by atoms with Crippen LogP contribution < -0.4 is 5.32 Å². The first kappa shape index (κ1) is 15.4. The molecule has 0 spiro atoms. The van der Waals surface area contributed by atoms with Gasteiger partial charge in [-0.05, 0) is 12.8 Å². The molecule has 0 atom stereocenters. The van der Waals surface area contributed by atoms with Crippen molar-refractivity contribution in [2.24, 2.45) is 0 Å². The van der Waals surface area contributed by atoms with Crippen LogP contribution in [0.2, 0.25) is 0 Å². The Morgan fingerprint density at radius 1 is 1.25 bits per heavy atom. The average molecular weight is 251 g/mol. The molecular formula is C10H21NO4S. The number of sulfone groups is 1. The second-order valence-electron chi connectivity index (χ2n) is 3.76. The Morgan fingerprint density at radius 3 is 2.06 bits per heavy atom. The molecular weight excluding hydrogens is 230 g/mol. The van der Waals surface area contributed by atoms with Crippen molar-refractivity contribution in [1.29, 1.82) is 0 Å². The number of carboxylic acids is 1. The standard InChI is InChI=1S/C10H21NO4S/c1-4-10(5-2,9(12)13)11-7-8-16(14,15)6-3/h11H,4-8H2,1-3H3,(H,12,13). The largest absolute Gasteiger partial charge is 0.480 e. The lowest BCUT2D eigenvalue weighted by Crippen LogP contribution is -2.52. The van der Waals surface area contributed by atoms with E-state index < -0.39 is 21.3 Å². The Kier molecular flexibility index (Phi) is 5.96. The van der Waals surface area contributed by atoms with Crippen LogP contribution in [-0.4, -0.2) is 43.1 Å². The van der Waals surface area contributed by atoms with Gasteiger partial charge in [0.1, 0.15) is 5.54 Å². The van der Waals surface area contributed by atoms with Gasteiger partial charge in [0.25, 0.3) is 0 Å². The predicted octanol–water partition coefficient (Wildman–Crippen LogP) is 0.654. The number of carbonyl (C=O) groups is 1. The molecule has 96 valence electrons. The SMILES string of the molecule is CCC(CC)(NCCS(=O)(=O)CC)C(=O)O. The van der Waals surface area contributed by atoms with E-state index in [1.54, 1.807) is 20.8 Å². The minimum absolute atomic E-state index is 0.0153. The Hall–Kier alpha value is -0.620. The van der Waals surface area contributed by atoms with Gasteiger partial charge < -0.3 is 10.4 Å². The van der Waals surface area contributed by atoms with Crippen molar-refractivity contribution in [3.63, 3.8) is 0 Å². The number of hydrogen-bond acceptors (Lipinski definition) is 4. The first-order valence-electron chi connectivity index (χ1n) is 5.52. The average Bonchev–Trinajstić information content (AvgIpc) is 2.24. The summed E-state index contributed by atoms with van der Waals surface area (Å²) >= 11 is 0. The molecule has 0 amide bonds. The molecule has 0 aromatic heterocycles. The van der Waals surface area contributed by atoms with Gasteiger partial charge in [0.15, 0.2) is 9.84 Å². The molecule has 16 heavy (non-hydrogen) atoms. The van der Waals surface area contributed by atoms with Crippen LogP contribution in [0.1, 0.15) is 33.6 Å². The maximum atomic E-state index is 11.2. The molecule has 0 aliphatic carbocycles. The van der Waals surface area contributed by atoms with Crippen molar-refractivity contribution in [2.75, 3.05) is 18.1 Å². The summed E-state index contributed by atoms with van der Waals surface area (Å²) in [7, 11) is -3.04. The van der Waals surface area contributed by atoms with Crippen LogP contribution in [-0.2, 0) is 14.6 Å². The molecule has 0 unspecified atom stereocenters. The number of carboxylic acid groups (broad SMARTS) is 1. The lowest BCUT2D eigenvalue weighted by Gasteiger charge is -2.28.